The fourth-order valence-corrected chi connectivity index (χ4v) is 7.21. The fourth-order valence-electron chi connectivity index (χ4n) is 7.21. The van der Waals surface area contributed by atoms with E-state index in [4.69, 9.17) is 14.2 Å². The maximum absolute atomic E-state index is 12.7. The molecule has 54 heavy (non-hydrogen) atoms. The second-order valence-electron chi connectivity index (χ2n) is 16.4. The van der Waals surface area contributed by atoms with Crippen molar-refractivity contribution in [3.8, 4) is 0 Å². The highest BCUT2D eigenvalue weighted by Gasteiger charge is 2.19. The number of rotatable bonds is 44. The molecule has 1 atom stereocenters. The van der Waals surface area contributed by atoms with E-state index < -0.39 is 6.10 Å². The van der Waals surface area contributed by atoms with Crippen LogP contribution in [-0.4, -0.2) is 37.2 Å². The molecule has 0 aromatic heterocycles. The molecule has 6 heteroatoms. The molecule has 0 amide bonds. The summed E-state index contributed by atoms with van der Waals surface area (Å²) in [5, 5.41) is 0. The lowest BCUT2D eigenvalue weighted by molar-refractivity contribution is -0.167. The van der Waals surface area contributed by atoms with Crippen molar-refractivity contribution in [2.24, 2.45) is 0 Å². The number of carbonyl (C=O) groups excluding carboxylic acids is 3. The van der Waals surface area contributed by atoms with Crippen LogP contribution in [0.25, 0.3) is 0 Å². The molecule has 0 aliphatic carbocycles. The van der Waals surface area contributed by atoms with E-state index in [0.717, 1.165) is 57.8 Å². The van der Waals surface area contributed by atoms with E-state index in [2.05, 4.69) is 20.8 Å². The van der Waals surface area contributed by atoms with Gasteiger partial charge in [0.2, 0.25) is 0 Å². The molecule has 0 aliphatic rings. The van der Waals surface area contributed by atoms with Crippen LogP contribution in [0, 0.1) is 0 Å². The van der Waals surface area contributed by atoms with Gasteiger partial charge in [0.1, 0.15) is 13.2 Å². The Kier molecular flexibility index (Phi) is 42.8. The Bertz CT molecular complexity index is 798. The maximum Gasteiger partial charge on any atom is 0.306 e. The average molecular weight is 765 g/mol. The summed E-state index contributed by atoms with van der Waals surface area (Å²) in [6.45, 7) is 6.62. The van der Waals surface area contributed by atoms with Crippen molar-refractivity contribution in [1.82, 2.24) is 0 Å². The summed E-state index contributed by atoms with van der Waals surface area (Å²) in [7, 11) is 0. The van der Waals surface area contributed by atoms with Crippen molar-refractivity contribution in [2.75, 3.05) is 13.2 Å². The van der Waals surface area contributed by atoms with E-state index >= 15 is 0 Å². The van der Waals surface area contributed by atoms with Gasteiger partial charge >= 0.3 is 17.9 Å². The summed E-state index contributed by atoms with van der Waals surface area (Å²) >= 11 is 0. The summed E-state index contributed by atoms with van der Waals surface area (Å²) in [4.78, 5) is 37.6. The normalized spacial score (nSPS) is 11.8. The topological polar surface area (TPSA) is 78.9 Å². The van der Waals surface area contributed by atoms with Gasteiger partial charge in [-0.3, -0.25) is 14.4 Å². The maximum atomic E-state index is 12.7. The van der Waals surface area contributed by atoms with Crippen LogP contribution in [-0.2, 0) is 28.6 Å². The molecule has 0 saturated carbocycles. The van der Waals surface area contributed by atoms with Crippen molar-refractivity contribution < 1.29 is 28.6 Å². The minimum atomic E-state index is -0.757. The molecule has 0 aromatic carbocycles. The van der Waals surface area contributed by atoms with Crippen LogP contribution in [0.2, 0.25) is 0 Å². The minimum absolute atomic E-state index is 0.0629. The largest absolute Gasteiger partial charge is 0.462 e. The summed E-state index contributed by atoms with van der Waals surface area (Å²) in [6.07, 6.45) is 45.2. The van der Waals surface area contributed by atoms with Gasteiger partial charge in [-0.1, -0.05) is 233 Å². The Balaban J connectivity index is 4.21. The molecule has 0 spiro atoms. The summed E-state index contributed by atoms with van der Waals surface area (Å²) < 4.78 is 16.7. The quantitative estimate of drug-likeness (QED) is 0.0349. The predicted molar refractivity (Wildman–Crippen MR) is 229 cm³/mol. The van der Waals surface area contributed by atoms with E-state index in [1.807, 2.05) is 0 Å². The molecule has 0 bridgehead atoms. The van der Waals surface area contributed by atoms with Gasteiger partial charge in [-0.2, -0.15) is 0 Å². The first kappa shape index (κ1) is 52.4. The number of unbranched alkanes of at least 4 members (excludes halogenated alkanes) is 33. The Morgan fingerprint density at radius 1 is 0.296 bits per heavy atom. The van der Waals surface area contributed by atoms with Crippen molar-refractivity contribution in [1.29, 1.82) is 0 Å². The van der Waals surface area contributed by atoms with Gasteiger partial charge in [-0.25, -0.2) is 0 Å². The van der Waals surface area contributed by atoms with Crippen LogP contribution in [0.5, 0.6) is 0 Å². The third-order valence-electron chi connectivity index (χ3n) is 10.9. The first-order valence-electron chi connectivity index (χ1n) is 24.0. The van der Waals surface area contributed by atoms with Crippen molar-refractivity contribution in [2.45, 2.75) is 277 Å². The smallest absolute Gasteiger partial charge is 0.306 e. The molecule has 0 fully saturated rings. The average Bonchev–Trinajstić information content (AvgIpc) is 3.17. The van der Waals surface area contributed by atoms with Crippen LogP contribution in [0.1, 0.15) is 271 Å². The number of esters is 3. The monoisotopic (exact) mass is 765 g/mol. The highest BCUT2D eigenvalue weighted by molar-refractivity contribution is 5.71. The standard InChI is InChI=1S/C48H92O6/c1-4-7-10-13-16-18-20-22-23-24-25-26-28-30-33-36-39-42-48(51)54-45(43-52-46(49)40-37-34-31-15-12-9-6-3)44-53-47(50)41-38-35-32-29-27-21-19-17-14-11-8-5-2/h45H,4-44H2,1-3H3/t45-/m1/s1. The zero-order valence-corrected chi connectivity index (χ0v) is 36.5. The fraction of sp³-hybridized carbons (Fsp3) is 0.938. The Labute approximate surface area is 336 Å². The van der Waals surface area contributed by atoms with Crippen molar-refractivity contribution >= 4 is 17.9 Å². The highest BCUT2D eigenvalue weighted by Crippen LogP contribution is 2.16. The first-order valence-corrected chi connectivity index (χ1v) is 24.0. The van der Waals surface area contributed by atoms with Crippen LogP contribution >= 0.6 is 0 Å². The second kappa shape index (κ2) is 44.1. The van der Waals surface area contributed by atoms with Crippen LogP contribution in [0.4, 0.5) is 0 Å². The molecule has 0 aromatic rings. The number of hydrogen-bond acceptors (Lipinski definition) is 6. The van der Waals surface area contributed by atoms with Gasteiger partial charge < -0.3 is 14.2 Å². The first-order chi connectivity index (χ1) is 26.5. The lowest BCUT2D eigenvalue weighted by atomic mass is 10.0. The third-order valence-corrected chi connectivity index (χ3v) is 10.9. The van der Waals surface area contributed by atoms with Gasteiger partial charge in [-0.05, 0) is 19.3 Å². The van der Waals surface area contributed by atoms with E-state index in [-0.39, 0.29) is 31.1 Å². The molecule has 0 N–H and O–H groups in total. The van der Waals surface area contributed by atoms with Gasteiger partial charge in [0, 0.05) is 19.3 Å². The number of carbonyl (C=O) groups is 3. The lowest BCUT2D eigenvalue weighted by Gasteiger charge is -2.18. The van der Waals surface area contributed by atoms with Crippen LogP contribution < -0.4 is 0 Å². The van der Waals surface area contributed by atoms with E-state index in [1.165, 1.54) is 173 Å². The molecule has 0 saturated heterocycles. The molecule has 0 unspecified atom stereocenters. The Morgan fingerprint density at radius 3 is 0.741 bits per heavy atom. The zero-order valence-electron chi connectivity index (χ0n) is 36.5. The van der Waals surface area contributed by atoms with Crippen LogP contribution in [0.3, 0.4) is 0 Å². The Morgan fingerprint density at radius 2 is 0.500 bits per heavy atom. The van der Waals surface area contributed by atoms with Gasteiger partial charge in [0.05, 0.1) is 0 Å². The Hall–Kier alpha value is -1.59. The van der Waals surface area contributed by atoms with Gasteiger partial charge in [0.15, 0.2) is 6.10 Å². The molecule has 6 nitrogen and oxygen atoms in total. The predicted octanol–water partition coefficient (Wildman–Crippen LogP) is 15.3. The molecule has 0 aliphatic heterocycles. The molecular weight excluding hydrogens is 673 g/mol. The summed E-state index contributed by atoms with van der Waals surface area (Å²) in [6, 6.07) is 0. The van der Waals surface area contributed by atoms with E-state index in [9.17, 15) is 14.4 Å². The van der Waals surface area contributed by atoms with E-state index in [1.54, 1.807) is 0 Å². The zero-order chi connectivity index (χ0) is 39.4. The molecule has 0 heterocycles. The second-order valence-corrected chi connectivity index (χ2v) is 16.4. The number of hydrogen-bond donors (Lipinski definition) is 0. The highest BCUT2D eigenvalue weighted by atomic mass is 16.6. The molecular formula is C48H92O6. The molecule has 0 rings (SSSR count). The lowest BCUT2D eigenvalue weighted by Crippen LogP contribution is -2.30. The number of ether oxygens (including phenoxy) is 3. The van der Waals surface area contributed by atoms with E-state index in [0.29, 0.717) is 19.3 Å². The minimum Gasteiger partial charge on any atom is -0.462 e. The van der Waals surface area contributed by atoms with Gasteiger partial charge in [0.25, 0.3) is 0 Å². The molecule has 0 radical (unpaired) electrons. The van der Waals surface area contributed by atoms with Crippen LogP contribution in [0.15, 0.2) is 0 Å². The molecule has 320 valence electrons. The SMILES string of the molecule is CCCCCCCCCCCCCCCCCCCC(=O)O[C@H](COC(=O)CCCCCCCCC)COC(=O)CCCCCCCCCCCCCC. The summed E-state index contributed by atoms with van der Waals surface area (Å²) in [5.41, 5.74) is 0. The van der Waals surface area contributed by atoms with Crippen molar-refractivity contribution in [3.05, 3.63) is 0 Å². The van der Waals surface area contributed by atoms with Crippen molar-refractivity contribution in [3.63, 3.8) is 0 Å². The van der Waals surface area contributed by atoms with Gasteiger partial charge in [-0.15, -0.1) is 0 Å². The third kappa shape index (κ3) is 41.6. The summed E-state index contributed by atoms with van der Waals surface area (Å²) in [5.74, 6) is -0.854.